The number of hydrogen-bond acceptors (Lipinski definition) is 3. The lowest BCUT2D eigenvalue weighted by molar-refractivity contribution is 0.0930. The molecule has 0 saturated heterocycles. The van der Waals surface area contributed by atoms with Crippen molar-refractivity contribution in [2.24, 2.45) is 5.92 Å². The van der Waals surface area contributed by atoms with Gasteiger partial charge in [0.25, 0.3) is 5.91 Å². The van der Waals surface area contributed by atoms with E-state index in [1.807, 2.05) is 19.1 Å². The van der Waals surface area contributed by atoms with Gasteiger partial charge in [-0.3, -0.25) is 4.79 Å². The minimum absolute atomic E-state index is 0.0181. The number of hydrogen-bond donors (Lipinski definition) is 2. The molecule has 0 aliphatic heterocycles. The number of nitrogens with zero attached hydrogens (tertiary/aromatic N) is 1. The second-order valence-corrected chi connectivity index (χ2v) is 5.92. The van der Waals surface area contributed by atoms with E-state index >= 15 is 0 Å². The molecule has 0 aliphatic carbocycles. The molecule has 1 atom stereocenters. The number of aryl methyl sites for hydroxylation is 1. The van der Waals surface area contributed by atoms with E-state index < -0.39 is 0 Å². The van der Waals surface area contributed by atoms with E-state index in [1.54, 1.807) is 0 Å². The highest BCUT2D eigenvalue weighted by Crippen LogP contribution is 2.13. The van der Waals surface area contributed by atoms with Crippen LogP contribution in [0.1, 0.15) is 63.5 Å². The highest BCUT2D eigenvalue weighted by atomic mass is 16.1. The van der Waals surface area contributed by atoms with Crippen LogP contribution in [0, 0.1) is 5.92 Å². The molecule has 0 saturated carbocycles. The minimum atomic E-state index is -0.0181. The quantitative estimate of drug-likeness (QED) is 0.769. The molecular weight excluding hydrogens is 262 g/mol. The summed E-state index contributed by atoms with van der Waals surface area (Å²) in [6.07, 6.45) is 2.95. The molecule has 21 heavy (non-hydrogen) atoms. The molecule has 1 rings (SSSR count). The van der Waals surface area contributed by atoms with Crippen LogP contribution in [-0.2, 0) is 6.42 Å². The zero-order valence-corrected chi connectivity index (χ0v) is 14.0. The lowest BCUT2D eigenvalue weighted by atomic mass is 10.1. The maximum absolute atomic E-state index is 12.4. The molecule has 1 heterocycles. The van der Waals surface area contributed by atoms with E-state index in [9.17, 15) is 4.79 Å². The Kier molecular flexibility index (Phi) is 7.20. The summed E-state index contributed by atoms with van der Waals surface area (Å²) in [5.41, 5.74) is 1.67. The normalized spacial score (nSPS) is 12.3. The first-order valence-corrected chi connectivity index (χ1v) is 8.03. The Morgan fingerprint density at radius 3 is 2.48 bits per heavy atom. The second-order valence-electron chi connectivity index (χ2n) is 5.92. The molecule has 0 bridgehead atoms. The zero-order chi connectivity index (χ0) is 15.8. The summed E-state index contributed by atoms with van der Waals surface area (Å²) >= 11 is 0. The van der Waals surface area contributed by atoms with Gasteiger partial charge in [0.15, 0.2) is 0 Å². The third kappa shape index (κ3) is 5.74. The standard InChI is InChI=1S/C17H29N3O/c1-6-8-15-10-14(11-16(20-15)18-9-7-2)17(21)19-13(5)12(3)4/h10-13H,6-9H2,1-5H3,(H,18,20)(H,19,21). The number of amides is 1. The number of rotatable bonds is 8. The lowest BCUT2D eigenvalue weighted by Gasteiger charge is -2.18. The van der Waals surface area contributed by atoms with Gasteiger partial charge in [0.05, 0.1) is 0 Å². The Morgan fingerprint density at radius 1 is 1.19 bits per heavy atom. The largest absolute Gasteiger partial charge is 0.370 e. The fourth-order valence-electron chi connectivity index (χ4n) is 1.90. The summed E-state index contributed by atoms with van der Waals surface area (Å²) in [5.74, 6) is 1.20. The molecule has 4 heteroatoms. The zero-order valence-electron chi connectivity index (χ0n) is 14.0. The molecule has 1 unspecified atom stereocenters. The van der Waals surface area contributed by atoms with Gasteiger partial charge in [-0.05, 0) is 37.8 Å². The maximum atomic E-state index is 12.4. The van der Waals surface area contributed by atoms with Crippen molar-refractivity contribution in [3.05, 3.63) is 23.4 Å². The van der Waals surface area contributed by atoms with Crippen LogP contribution in [0.25, 0.3) is 0 Å². The van der Waals surface area contributed by atoms with E-state index in [-0.39, 0.29) is 11.9 Å². The Bertz CT molecular complexity index is 457. The van der Waals surface area contributed by atoms with Crippen LogP contribution in [0.15, 0.2) is 12.1 Å². The number of nitrogens with one attached hydrogen (secondary N) is 2. The lowest BCUT2D eigenvalue weighted by Crippen LogP contribution is -2.36. The topological polar surface area (TPSA) is 54.0 Å². The predicted octanol–water partition coefficient (Wildman–Crippen LogP) is 3.63. The van der Waals surface area contributed by atoms with Gasteiger partial charge in [0, 0.05) is 23.8 Å². The highest BCUT2D eigenvalue weighted by molar-refractivity contribution is 5.95. The van der Waals surface area contributed by atoms with Crippen LogP contribution in [0.2, 0.25) is 0 Å². The van der Waals surface area contributed by atoms with Crippen molar-refractivity contribution in [3.8, 4) is 0 Å². The highest BCUT2D eigenvalue weighted by Gasteiger charge is 2.14. The fourth-order valence-corrected chi connectivity index (χ4v) is 1.90. The molecule has 4 nitrogen and oxygen atoms in total. The van der Waals surface area contributed by atoms with Crippen molar-refractivity contribution >= 4 is 11.7 Å². The Morgan fingerprint density at radius 2 is 1.90 bits per heavy atom. The summed E-state index contributed by atoms with van der Waals surface area (Å²) in [4.78, 5) is 16.9. The predicted molar refractivity (Wildman–Crippen MR) is 88.8 cm³/mol. The van der Waals surface area contributed by atoms with Crippen molar-refractivity contribution in [1.29, 1.82) is 0 Å². The molecule has 0 fully saturated rings. The summed E-state index contributed by atoms with van der Waals surface area (Å²) in [5, 5.41) is 6.33. The molecule has 0 radical (unpaired) electrons. The van der Waals surface area contributed by atoms with Crippen LogP contribution in [-0.4, -0.2) is 23.5 Å². The molecule has 0 aromatic carbocycles. The van der Waals surface area contributed by atoms with Crippen LogP contribution >= 0.6 is 0 Å². The van der Waals surface area contributed by atoms with Crippen molar-refractivity contribution in [2.45, 2.75) is 59.9 Å². The Hall–Kier alpha value is -1.58. The Balaban J connectivity index is 2.92. The van der Waals surface area contributed by atoms with Crippen LogP contribution in [0.4, 0.5) is 5.82 Å². The first-order valence-electron chi connectivity index (χ1n) is 8.03. The van der Waals surface area contributed by atoms with Crippen molar-refractivity contribution in [3.63, 3.8) is 0 Å². The van der Waals surface area contributed by atoms with Gasteiger partial charge < -0.3 is 10.6 Å². The molecule has 1 aromatic heterocycles. The van der Waals surface area contributed by atoms with E-state index in [2.05, 4.69) is 43.3 Å². The summed E-state index contributed by atoms with van der Waals surface area (Å²) in [7, 11) is 0. The number of anilines is 1. The first kappa shape index (κ1) is 17.5. The molecule has 118 valence electrons. The van der Waals surface area contributed by atoms with Gasteiger partial charge in [0.1, 0.15) is 5.82 Å². The number of aromatic nitrogens is 1. The van der Waals surface area contributed by atoms with Crippen LogP contribution in [0.5, 0.6) is 0 Å². The van der Waals surface area contributed by atoms with Gasteiger partial charge in [-0.15, -0.1) is 0 Å². The Labute approximate surface area is 128 Å². The van der Waals surface area contributed by atoms with Gasteiger partial charge in [-0.25, -0.2) is 4.98 Å². The number of carbonyl (C=O) groups is 1. The van der Waals surface area contributed by atoms with Crippen LogP contribution < -0.4 is 10.6 Å². The average Bonchev–Trinajstić information content (AvgIpc) is 2.45. The van der Waals surface area contributed by atoms with E-state index in [0.29, 0.717) is 11.5 Å². The number of pyridine rings is 1. The van der Waals surface area contributed by atoms with Crippen molar-refractivity contribution < 1.29 is 4.79 Å². The third-order valence-electron chi connectivity index (χ3n) is 3.56. The molecule has 0 spiro atoms. The SMILES string of the molecule is CCCNc1cc(C(=O)NC(C)C(C)C)cc(CCC)n1. The van der Waals surface area contributed by atoms with Crippen molar-refractivity contribution in [2.75, 3.05) is 11.9 Å². The van der Waals surface area contributed by atoms with Crippen molar-refractivity contribution in [1.82, 2.24) is 10.3 Å². The molecule has 1 amide bonds. The molecule has 1 aromatic rings. The van der Waals surface area contributed by atoms with E-state index in [1.165, 1.54) is 0 Å². The van der Waals surface area contributed by atoms with E-state index in [4.69, 9.17) is 0 Å². The second kappa shape index (κ2) is 8.65. The maximum Gasteiger partial charge on any atom is 0.251 e. The van der Waals surface area contributed by atoms with Gasteiger partial charge in [-0.2, -0.15) is 0 Å². The molecule has 2 N–H and O–H groups in total. The summed E-state index contributed by atoms with van der Waals surface area (Å²) in [6.45, 7) is 11.3. The summed E-state index contributed by atoms with van der Waals surface area (Å²) in [6, 6.07) is 3.91. The average molecular weight is 291 g/mol. The van der Waals surface area contributed by atoms with E-state index in [0.717, 1.165) is 37.3 Å². The van der Waals surface area contributed by atoms with Gasteiger partial charge in [-0.1, -0.05) is 34.1 Å². The molecular formula is C17H29N3O. The monoisotopic (exact) mass is 291 g/mol. The molecule has 0 aliphatic rings. The third-order valence-corrected chi connectivity index (χ3v) is 3.56. The van der Waals surface area contributed by atoms with Gasteiger partial charge >= 0.3 is 0 Å². The van der Waals surface area contributed by atoms with Crippen LogP contribution in [0.3, 0.4) is 0 Å². The first-order chi connectivity index (χ1) is 9.97. The smallest absolute Gasteiger partial charge is 0.251 e. The van der Waals surface area contributed by atoms with Gasteiger partial charge in [0.2, 0.25) is 0 Å². The minimum Gasteiger partial charge on any atom is -0.370 e. The summed E-state index contributed by atoms with van der Waals surface area (Å²) < 4.78 is 0. The fraction of sp³-hybridized carbons (Fsp3) is 0.647. The number of carbonyl (C=O) groups excluding carboxylic acids is 1.